The average molecular weight is 265 g/mol. The second-order valence-electron chi connectivity index (χ2n) is 5.95. The van der Waals surface area contributed by atoms with E-state index in [0.29, 0.717) is 6.04 Å². The number of piperazine rings is 1. The van der Waals surface area contributed by atoms with Crippen molar-refractivity contribution in [2.24, 2.45) is 0 Å². The van der Waals surface area contributed by atoms with Gasteiger partial charge in [-0.1, -0.05) is 13.8 Å². The van der Waals surface area contributed by atoms with E-state index < -0.39 is 0 Å². The predicted molar refractivity (Wildman–Crippen MR) is 76.9 cm³/mol. The third-order valence-corrected chi connectivity index (χ3v) is 4.26. The Kier molecular flexibility index (Phi) is 4.58. The molecular weight excluding hydrogens is 238 g/mol. The first-order chi connectivity index (χ1) is 9.08. The van der Waals surface area contributed by atoms with E-state index in [2.05, 4.69) is 48.0 Å². The van der Waals surface area contributed by atoms with E-state index in [0.717, 1.165) is 44.8 Å². The van der Waals surface area contributed by atoms with E-state index in [9.17, 15) is 0 Å². The second-order valence-corrected chi connectivity index (χ2v) is 5.95. The van der Waals surface area contributed by atoms with Gasteiger partial charge in [-0.05, 0) is 26.7 Å². The van der Waals surface area contributed by atoms with E-state index >= 15 is 0 Å². The van der Waals surface area contributed by atoms with E-state index in [-0.39, 0.29) is 5.54 Å². The van der Waals surface area contributed by atoms with E-state index in [4.69, 9.17) is 0 Å². The van der Waals surface area contributed by atoms with Crippen LogP contribution in [0.4, 0.5) is 0 Å². The van der Waals surface area contributed by atoms with Crippen molar-refractivity contribution in [3.05, 3.63) is 12.2 Å². The van der Waals surface area contributed by atoms with Crippen LogP contribution in [0.1, 0.15) is 46.4 Å². The van der Waals surface area contributed by atoms with Crippen LogP contribution in [-0.4, -0.2) is 44.3 Å². The third-order valence-electron chi connectivity index (χ3n) is 4.26. The SMILES string of the molecule is CCCn1ncnc1CN1CC(C)(CC)NCC1C. The zero-order valence-electron chi connectivity index (χ0n) is 12.7. The lowest BCUT2D eigenvalue weighted by atomic mass is 9.94. The molecule has 5 nitrogen and oxygen atoms in total. The minimum Gasteiger partial charge on any atom is -0.309 e. The highest BCUT2D eigenvalue weighted by Crippen LogP contribution is 2.20. The molecule has 2 heterocycles. The van der Waals surface area contributed by atoms with Crippen molar-refractivity contribution < 1.29 is 0 Å². The van der Waals surface area contributed by atoms with E-state index in [1.165, 1.54) is 0 Å². The van der Waals surface area contributed by atoms with Gasteiger partial charge in [-0.3, -0.25) is 4.90 Å². The zero-order chi connectivity index (χ0) is 13.9. The standard InChI is InChI=1S/C14H27N5/c1-5-7-19-13(15-11-17-19)9-18-10-14(4,6-2)16-8-12(18)3/h11-12,16H,5-10H2,1-4H3. The van der Waals surface area contributed by atoms with E-state index in [1.54, 1.807) is 6.33 Å². The number of hydrogen-bond donors (Lipinski definition) is 1. The Morgan fingerprint density at radius 2 is 2.26 bits per heavy atom. The smallest absolute Gasteiger partial charge is 0.141 e. The molecule has 1 aromatic heterocycles. The predicted octanol–water partition coefficient (Wildman–Crippen LogP) is 1.65. The van der Waals surface area contributed by atoms with Gasteiger partial charge in [0.25, 0.3) is 0 Å². The Bertz CT molecular complexity index is 402. The Labute approximate surface area is 116 Å². The van der Waals surface area contributed by atoms with Gasteiger partial charge in [-0.25, -0.2) is 9.67 Å². The van der Waals surface area contributed by atoms with Crippen LogP contribution in [-0.2, 0) is 13.1 Å². The molecule has 1 N–H and O–H groups in total. The van der Waals surface area contributed by atoms with Gasteiger partial charge in [0.15, 0.2) is 0 Å². The van der Waals surface area contributed by atoms with Gasteiger partial charge in [0.05, 0.1) is 6.54 Å². The number of aromatic nitrogens is 3. The number of nitrogens with zero attached hydrogens (tertiary/aromatic N) is 4. The highest BCUT2D eigenvalue weighted by atomic mass is 15.4. The maximum atomic E-state index is 4.43. The first kappa shape index (κ1) is 14.5. The van der Waals surface area contributed by atoms with Crippen LogP contribution >= 0.6 is 0 Å². The lowest BCUT2D eigenvalue weighted by molar-refractivity contribution is 0.0828. The van der Waals surface area contributed by atoms with Crippen molar-refractivity contribution in [3.8, 4) is 0 Å². The molecule has 0 spiro atoms. The van der Waals surface area contributed by atoms with Gasteiger partial charge < -0.3 is 5.32 Å². The van der Waals surface area contributed by atoms with E-state index in [1.807, 2.05) is 4.68 Å². The molecule has 1 saturated heterocycles. The quantitative estimate of drug-likeness (QED) is 0.879. The topological polar surface area (TPSA) is 46.0 Å². The molecule has 19 heavy (non-hydrogen) atoms. The van der Waals surface area contributed by atoms with Crippen molar-refractivity contribution in [2.45, 2.75) is 65.2 Å². The summed E-state index contributed by atoms with van der Waals surface area (Å²) >= 11 is 0. The van der Waals surface area contributed by atoms with Crippen LogP contribution < -0.4 is 5.32 Å². The van der Waals surface area contributed by atoms with Gasteiger partial charge >= 0.3 is 0 Å². The van der Waals surface area contributed by atoms with Crippen LogP contribution in [0.25, 0.3) is 0 Å². The van der Waals surface area contributed by atoms with Crippen LogP contribution in [0.15, 0.2) is 6.33 Å². The lowest BCUT2D eigenvalue weighted by Crippen LogP contribution is -2.61. The molecule has 2 rings (SSSR count). The van der Waals surface area contributed by atoms with Crippen molar-refractivity contribution in [3.63, 3.8) is 0 Å². The third kappa shape index (κ3) is 3.34. The van der Waals surface area contributed by atoms with Crippen LogP contribution in [0.3, 0.4) is 0 Å². The minimum absolute atomic E-state index is 0.224. The highest BCUT2D eigenvalue weighted by Gasteiger charge is 2.33. The monoisotopic (exact) mass is 265 g/mol. The van der Waals surface area contributed by atoms with Crippen molar-refractivity contribution in [1.29, 1.82) is 0 Å². The number of nitrogens with one attached hydrogen (secondary N) is 1. The van der Waals surface area contributed by atoms with Crippen molar-refractivity contribution in [2.75, 3.05) is 13.1 Å². The maximum Gasteiger partial charge on any atom is 0.141 e. The molecular formula is C14H27N5. The second kappa shape index (κ2) is 6.01. The molecule has 0 bridgehead atoms. The molecule has 2 unspecified atom stereocenters. The summed E-state index contributed by atoms with van der Waals surface area (Å²) in [7, 11) is 0. The Balaban J connectivity index is 2.05. The fourth-order valence-electron chi connectivity index (χ4n) is 2.62. The molecule has 0 saturated carbocycles. The number of hydrogen-bond acceptors (Lipinski definition) is 4. The summed E-state index contributed by atoms with van der Waals surface area (Å²) in [6.45, 7) is 13.0. The molecule has 0 amide bonds. The van der Waals surface area contributed by atoms with Crippen LogP contribution in [0.5, 0.6) is 0 Å². The van der Waals surface area contributed by atoms with Crippen molar-refractivity contribution in [1.82, 2.24) is 25.0 Å². The summed E-state index contributed by atoms with van der Waals surface area (Å²) in [6.07, 6.45) is 3.93. The molecule has 0 radical (unpaired) electrons. The van der Waals surface area contributed by atoms with Crippen molar-refractivity contribution >= 4 is 0 Å². The van der Waals surface area contributed by atoms with Gasteiger partial charge in [-0.15, -0.1) is 0 Å². The number of aryl methyl sites for hydroxylation is 1. The van der Waals surface area contributed by atoms with Gasteiger partial charge in [0.2, 0.25) is 0 Å². The van der Waals surface area contributed by atoms with Crippen LogP contribution in [0.2, 0.25) is 0 Å². The number of rotatable bonds is 5. The molecule has 0 aliphatic carbocycles. The lowest BCUT2D eigenvalue weighted by Gasteiger charge is -2.44. The zero-order valence-corrected chi connectivity index (χ0v) is 12.7. The normalized spacial score (nSPS) is 28.7. The maximum absolute atomic E-state index is 4.43. The molecule has 2 atom stereocenters. The van der Waals surface area contributed by atoms with Gasteiger partial charge in [0.1, 0.15) is 12.2 Å². The van der Waals surface area contributed by atoms with Crippen LogP contribution in [0, 0.1) is 0 Å². The Hall–Kier alpha value is -0.940. The molecule has 108 valence electrons. The summed E-state index contributed by atoms with van der Waals surface area (Å²) in [5, 5.41) is 7.98. The molecule has 5 heteroatoms. The largest absolute Gasteiger partial charge is 0.309 e. The first-order valence-electron chi connectivity index (χ1n) is 7.43. The summed E-state index contributed by atoms with van der Waals surface area (Å²) in [5.74, 6) is 1.09. The summed E-state index contributed by atoms with van der Waals surface area (Å²) in [6, 6.07) is 0.548. The molecule has 1 aliphatic heterocycles. The molecule has 1 aliphatic rings. The Morgan fingerprint density at radius 1 is 1.47 bits per heavy atom. The van der Waals surface area contributed by atoms with Gasteiger partial charge in [-0.2, -0.15) is 5.10 Å². The first-order valence-corrected chi connectivity index (χ1v) is 7.43. The molecule has 0 aromatic carbocycles. The average Bonchev–Trinajstić information content (AvgIpc) is 2.82. The molecule has 1 fully saturated rings. The fourth-order valence-corrected chi connectivity index (χ4v) is 2.62. The summed E-state index contributed by atoms with van der Waals surface area (Å²) < 4.78 is 2.04. The van der Waals surface area contributed by atoms with Gasteiger partial charge in [0, 0.05) is 31.2 Å². The Morgan fingerprint density at radius 3 is 2.95 bits per heavy atom. The summed E-state index contributed by atoms with van der Waals surface area (Å²) in [5.41, 5.74) is 0.224. The fraction of sp³-hybridized carbons (Fsp3) is 0.857. The highest BCUT2D eigenvalue weighted by molar-refractivity contribution is 4.95. The summed E-state index contributed by atoms with van der Waals surface area (Å²) in [4.78, 5) is 6.95. The minimum atomic E-state index is 0.224. The molecule has 1 aromatic rings.